The van der Waals surface area contributed by atoms with Crippen molar-refractivity contribution in [3.8, 4) is 0 Å². The third kappa shape index (κ3) is 2.51. The molecule has 0 aliphatic carbocycles. The lowest BCUT2D eigenvalue weighted by molar-refractivity contribution is -0.0278. The Morgan fingerprint density at radius 1 is 1.26 bits per heavy atom. The van der Waals surface area contributed by atoms with Gasteiger partial charge in [-0.25, -0.2) is 4.98 Å². The highest BCUT2D eigenvalue weighted by molar-refractivity contribution is 6.28. The minimum Gasteiger partial charge on any atom is -0.372 e. The predicted molar refractivity (Wildman–Crippen MR) is 76.8 cm³/mol. The van der Waals surface area contributed by atoms with Gasteiger partial charge in [-0.05, 0) is 37.6 Å². The third-order valence-electron chi connectivity index (χ3n) is 3.28. The van der Waals surface area contributed by atoms with E-state index in [4.69, 9.17) is 16.3 Å². The molecule has 3 rings (SSSR count). The zero-order valence-corrected chi connectivity index (χ0v) is 11.8. The molecular formula is C14H16ClN3O. The van der Waals surface area contributed by atoms with Crippen LogP contribution < -0.4 is 4.90 Å². The zero-order chi connectivity index (χ0) is 13.5. The summed E-state index contributed by atoms with van der Waals surface area (Å²) >= 11 is 6.03. The number of nitrogens with zero attached hydrogens (tertiary/aromatic N) is 3. The summed E-state index contributed by atoms with van der Waals surface area (Å²) in [6.45, 7) is 6.49. The fourth-order valence-electron chi connectivity index (χ4n) is 2.47. The van der Waals surface area contributed by atoms with E-state index in [1.54, 1.807) is 0 Å². The van der Waals surface area contributed by atoms with Crippen LogP contribution in [0.5, 0.6) is 0 Å². The van der Waals surface area contributed by atoms with Crippen molar-refractivity contribution in [2.24, 2.45) is 0 Å². The molecule has 0 radical (unpaired) electrons. The minimum absolute atomic E-state index is 0.170. The molecule has 19 heavy (non-hydrogen) atoms. The van der Waals surface area contributed by atoms with Crippen LogP contribution in [0, 0.1) is 0 Å². The molecule has 2 heterocycles. The van der Waals surface area contributed by atoms with E-state index in [1.165, 1.54) is 0 Å². The molecule has 4 nitrogen and oxygen atoms in total. The van der Waals surface area contributed by atoms with Crippen LogP contribution in [-0.2, 0) is 4.74 Å². The minimum atomic E-state index is -0.170. The standard InChI is InChI=1S/C14H16ClN3O/c1-14(2)9-18(7-8-19-14)12-10-5-3-4-6-11(10)16-13(15)17-12/h3-6H,7-9H2,1-2H3. The highest BCUT2D eigenvalue weighted by Crippen LogP contribution is 2.28. The Hall–Kier alpha value is -1.39. The van der Waals surface area contributed by atoms with Crippen LogP contribution >= 0.6 is 11.6 Å². The van der Waals surface area contributed by atoms with E-state index < -0.39 is 0 Å². The highest BCUT2D eigenvalue weighted by Gasteiger charge is 2.29. The van der Waals surface area contributed by atoms with Crippen LogP contribution in [0.1, 0.15) is 13.8 Å². The number of rotatable bonds is 1. The van der Waals surface area contributed by atoms with E-state index >= 15 is 0 Å². The van der Waals surface area contributed by atoms with Crippen LogP contribution in [0.4, 0.5) is 5.82 Å². The molecule has 0 unspecified atom stereocenters. The largest absolute Gasteiger partial charge is 0.372 e. The van der Waals surface area contributed by atoms with Crippen molar-refractivity contribution in [3.05, 3.63) is 29.5 Å². The van der Waals surface area contributed by atoms with E-state index in [0.717, 1.165) is 29.8 Å². The lowest BCUT2D eigenvalue weighted by atomic mass is 10.1. The van der Waals surface area contributed by atoms with Gasteiger partial charge in [0.1, 0.15) is 5.82 Å². The molecule has 1 saturated heterocycles. The van der Waals surface area contributed by atoms with E-state index in [2.05, 4.69) is 28.7 Å². The topological polar surface area (TPSA) is 38.2 Å². The monoisotopic (exact) mass is 277 g/mol. The molecule has 1 aromatic heterocycles. The van der Waals surface area contributed by atoms with Gasteiger partial charge in [0, 0.05) is 18.5 Å². The molecule has 0 N–H and O–H groups in total. The van der Waals surface area contributed by atoms with Gasteiger partial charge in [-0.2, -0.15) is 4.98 Å². The fourth-order valence-corrected chi connectivity index (χ4v) is 2.64. The van der Waals surface area contributed by atoms with Gasteiger partial charge in [-0.15, -0.1) is 0 Å². The SMILES string of the molecule is CC1(C)CN(c2nc(Cl)nc3ccccc23)CCO1. The second-order valence-electron chi connectivity index (χ2n) is 5.36. The number of ether oxygens (including phenoxy) is 1. The van der Waals surface area contributed by atoms with Gasteiger partial charge < -0.3 is 9.64 Å². The maximum Gasteiger partial charge on any atom is 0.224 e. The predicted octanol–water partition coefficient (Wildman–Crippen LogP) is 2.90. The van der Waals surface area contributed by atoms with Crippen molar-refractivity contribution in [2.75, 3.05) is 24.6 Å². The van der Waals surface area contributed by atoms with Crippen molar-refractivity contribution < 1.29 is 4.74 Å². The smallest absolute Gasteiger partial charge is 0.224 e. The maximum atomic E-state index is 6.03. The molecule has 5 heteroatoms. The number of hydrogen-bond acceptors (Lipinski definition) is 4. The first-order chi connectivity index (χ1) is 9.05. The van der Waals surface area contributed by atoms with Crippen molar-refractivity contribution in [1.82, 2.24) is 9.97 Å². The van der Waals surface area contributed by atoms with Gasteiger partial charge in [0.2, 0.25) is 5.28 Å². The zero-order valence-electron chi connectivity index (χ0n) is 11.1. The number of morpholine rings is 1. The summed E-state index contributed by atoms with van der Waals surface area (Å²) in [4.78, 5) is 10.9. The number of anilines is 1. The second-order valence-corrected chi connectivity index (χ2v) is 5.70. The van der Waals surface area contributed by atoms with Gasteiger partial charge in [0.15, 0.2) is 0 Å². The molecule has 100 valence electrons. The molecule has 0 amide bonds. The van der Waals surface area contributed by atoms with E-state index in [1.807, 2.05) is 24.3 Å². The van der Waals surface area contributed by atoms with Crippen LogP contribution in [0.2, 0.25) is 5.28 Å². The number of aromatic nitrogens is 2. The highest BCUT2D eigenvalue weighted by atomic mass is 35.5. The van der Waals surface area contributed by atoms with Crippen LogP contribution in [0.15, 0.2) is 24.3 Å². The molecule has 1 aromatic carbocycles. The van der Waals surface area contributed by atoms with Crippen LogP contribution in [0.3, 0.4) is 0 Å². The van der Waals surface area contributed by atoms with Crippen LogP contribution in [0.25, 0.3) is 10.9 Å². The summed E-state index contributed by atoms with van der Waals surface area (Å²) < 4.78 is 5.74. The summed E-state index contributed by atoms with van der Waals surface area (Å²) in [6.07, 6.45) is 0. The van der Waals surface area contributed by atoms with Gasteiger partial charge in [-0.3, -0.25) is 0 Å². The Kier molecular flexibility index (Phi) is 3.07. The van der Waals surface area contributed by atoms with Crippen molar-refractivity contribution in [2.45, 2.75) is 19.4 Å². The fraction of sp³-hybridized carbons (Fsp3) is 0.429. The first kappa shape index (κ1) is 12.6. The Labute approximate surface area is 117 Å². The number of hydrogen-bond donors (Lipinski definition) is 0. The van der Waals surface area contributed by atoms with Crippen molar-refractivity contribution in [3.63, 3.8) is 0 Å². The van der Waals surface area contributed by atoms with Crippen molar-refractivity contribution >= 4 is 28.3 Å². The molecule has 1 aliphatic heterocycles. The number of para-hydroxylation sites is 1. The van der Waals surface area contributed by atoms with Crippen LogP contribution in [-0.4, -0.2) is 35.3 Å². The summed E-state index contributed by atoms with van der Waals surface area (Å²) in [5, 5.41) is 1.32. The molecular weight excluding hydrogens is 262 g/mol. The Balaban J connectivity index is 2.09. The average molecular weight is 278 g/mol. The molecule has 0 saturated carbocycles. The summed E-state index contributed by atoms with van der Waals surface area (Å²) in [6, 6.07) is 7.94. The van der Waals surface area contributed by atoms with E-state index in [9.17, 15) is 0 Å². The molecule has 2 aromatic rings. The normalized spacial score (nSPS) is 18.8. The van der Waals surface area contributed by atoms with Gasteiger partial charge in [0.25, 0.3) is 0 Å². The first-order valence-corrected chi connectivity index (χ1v) is 6.74. The molecule has 0 spiro atoms. The van der Waals surface area contributed by atoms with Gasteiger partial charge in [0.05, 0.1) is 17.7 Å². The van der Waals surface area contributed by atoms with Crippen molar-refractivity contribution in [1.29, 1.82) is 0 Å². The number of halogens is 1. The third-order valence-corrected chi connectivity index (χ3v) is 3.45. The molecule has 0 atom stereocenters. The van der Waals surface area contributed by atoms with Gasteiger partial charge in [-0.1, -0.05) is 12.1 Å². The van der Waals surface area contributed by atoms with E-state index in [-0.39, 0.29) is 10.9 Å². The Morgan fingerprint density at radius 3 is 2.84 bits per heavy atom. The molecule has 1 fully saturated rings. The summed E-state index contributed by atoms with van der Waals surface area (Å²) in [5.41, 5.74) is 0.707. The lowest BCUT2D eigenvalue weighted by Crippen LogP contribution is -2.48. The molecule has 0 bridgehead atoms. The quantitative estimate of drug-likeness (QED) is 0.751. The maximum absolute atomic E-state index is 6.03. The summed E-state index contributed by atoms with van der Waals surface area (Å²) in [7, 11) is 0. The first-order valence-electron chi connectivity index (χ1n) is 6.36. The van der Waals surface area contributed by atoms with E-state index in [0.29, 0.717) is 6.61 Å². The number of benzene rings is 1. The summed E-state index contributed by atoms with van der Waals surface area (Å²) in [5.74, 6) is 0.895. The molecule has 1 aliphatic rings. The van der Waals surface area contributed by atoms with Gasteiger partial charge >= 0.3 is 0 Å². The Bertz CT molecular complexity index is 615. The lowest BCUT2D eigenvalue weighted by Gasteiger charge is -2.39. The second kappa shape index (κ2) is 4.62. The number of fused-ring (bicyclic) bond motifs is 1. The Morgan fingerprint density at radius 2 is 2.05 bits per heavy atom. The average Bonchev–Trinajstić information content (AvgIpc) is 2.36.